The second-order valence-electron chi connectivity index (χ2n) is 16.9. The highest BCUT2D eigenvalue weighted by atomic mass is 16.8. The van der Waals surface area contributed by atoms with E-state index in [1.54, 1.807) is 6.92 Å². The number of esters is 4. The number of rotatable bonds is 4. The molecule has 0 bridgehead atoms. The number of ketones is 1. The van der Waals surface area contributed by atoms with E-state index in [0.29, 0.717) is 0 Å². The Balaban J connectivity index is 1.40. The minimum Gasteiger partial charge on any atom is -0.462 e. The van der Waals surface area contributed by atoms with Crippen LogP contribution in [-0.2, 0) is 52.4 Å². The van der Waals surface area contributed by atoms with Crippen LogP contribution < -0.4 is 0 Å². The Morgan fingerprint density at radius 2 is 1.51 bits per heavy atom. The van der Waals surface area contributed by atoms with Crippen molar-refractivity contribution in [3.8, 4) is 0 Å². The van der Waals surface area contributed by atoms with Crippen molar-refractivity contribution in [3.63, 3.8) is 0 Å². The van der Waals surface area contributed by atoms with Crippen molar-refractivity contribution in [2.75, 3.05) is 0 Å². The minimum absolute atomic E-state index is 0.00666. The monoisotopic (exact) mass is 690 g/mol. The van der Waals surface area contributed by atoms with Crippen molar-refractivity contribution in [1.82, 2.24) is 0 Å². The van der Waals surface area contributed by atoms with Crippen molar-refractivity contribution in [2.24, 2.45) is 51.8 Å². The van der Waals surface area contributed by atoms with E-state index in [1.807, 2.05) is 13.8 Å². The fourth-order valence-corrected chi connectivity index (χ4v) is 13.4. The molecule has 2 unspecified atom stereocenters. The van der Waals surface area contributed by atoms with Crippen molar-refractivity contribution < 1.29 is 67.7 Å². The molecule has 5 saturated carbocycles. The van der Waals surface area contributed by atoms with Gasteiger partial charge < -0.3 is 43.7 Å². The molecule has 5 aliphatic carbocycles. The van der Waals surface area contributed by atoms with E-state index < -0.39 is 135 Å². The Labute approximate surface area is 283 Å². The molecule has 8 fully saturated rings. The summed E-state index contributed by atoms with van der Waals surface area (Å²) in [6.07, 6.45) is -6.53. The highest BCUT2D eigenvalue weighted by Crippen LogP contribution is 2.81. The molecular formula is C35H46O14. The largest absolute Gasteiger partial charge is 0.462 e. The number of aliphatic hydroxyl groups is 3. The number of fused-ring (bicyclic) bond motifs is 9. The van der Waals surface area contributed by atoms with Crippen LogP contribution in [0.2, 0.25) is 0 Å². The number of hydrogen-bond donors (Lipinski definition) is 3. The molecule has 270 valence electrons. The minimum atomic E-state index is -2.09. The first-order chi connectivity index (χ1) is 22.7. The SMILES string of the molecule is CC(=O)O[C@H]1[C@@H]2[C@H]([C@H](C)[C@H]3O[C@]34OC(=O)[C@@](C)(O)[C@]24C)[C@@]2(C)[C@@H](OC(C)=O)CC3C([C@@H](OC(C)=O)C[C@@]4(O)C[C@@H]5O[C@@H]5[C@H](O)[C@]34C(C)=O)[C@H]12. The molecule has 1 spiro atoms. The molecule has 0 aromatic rings. The van der Waals surface area contributed by atoms with Gasteiger partial charge in [0.15, 0.2) is 5.60 Å². The van der Waals surface area contributed by atoms with E-state index in [4.69, 9.17) is 28.4 Å². The molecule has 3 heterocycles. The molecule has 0 amide bonds. The summed E-state index contributed by atoms with van der Waals surface area (Å²) < 4.78 is 36.4. The maximum atomic E-state index is 14.2. The van der Waals surface area contributed by atoms with Gasteiger partial charge in [-0.25, -0.2) is 4.79 Å². The molecule has 49 heavy (non-hydrogen) atoms. The third kappa shape index (κ3) is 3.58. The van der Waals surface area contributed by atoms with Crippen molar-refractivity contribution in [1.29, 1.82) is 0 Å². The van der Waals surface area contributed by atoms with Crippen molar-refractivity contribution >= 4 is 29.7 Å². The average molecular weight is 691 g/mol. The summed E-state index contributed by atoms with van der Waals surface area (Å²) in [5.41, 5.74) is -8.34. The van der Waals surface area contributed by atoms with Crippen LogP contribution in [0, 0.1) is 51.8 Å². The van der Waals surface area contributed by atoms with E-state index in [0.717, 1.165) is 0 Å². The molecule has 3 saturated heterocycles. The molecule has 3 aliphatic heterocycles. The Morgan fingerprint density at radius 3 is 2.10 bits per heavy atom. The molecule has 0 aromatic carbocycles. The van der Waals surface area contributed by atoms with Gasteiger partial charge in [0, 0.05) is 56.8 Å². The molecule has 8 rings (SSSR count). The quantitative estimate of drug-likeness (QED) is 0.210. The molecule has 14 nitrogen and oxygen atoms in total. The van der Waals surface area contributed by atoms with Crippen LogP contribution >= 0.6 is 0 Å². The maximum absolute atomic E-state index is 14.2. The summed E-state index contributed by atoms with van der Waals surface area (Å²) in [6, 6.07) is 0. The fourth-order valence-electron chi connectivity index (χ4n) is 13.4. The first kappa shape index (κ1) is 33.5. The van der Waals surface area contributed by atoms with Crippen LogP contribution in [0.15, 0.2) is 0 Å². The third-order valence-electron chi connectivity index (χ3n) is 15.1. The number of aliphatic hydroxyl groups excluding tert-OH is 1. The van der Waals surface area contributed by atoms with Gasteiger partial charge in [0.1, 0.15) is 36.3 Å². The molecule has 14 heteroatoms. The van der Waals surface area contributed by atoms with Gasteiger partial charge in [-0.3, -0.25) is 19.2 Å². The van der Waals surface area contributed by atoms with E-state index in [-0.39, 0.29) is 25.2 Å². The summed E-state index contributed by atoms with van der Waals surface area (Å²) in [5, 5.41) is 36.6. The number of ether oxygens (including phenoxy) is 6. The van der Waals surface area contributed by atoms with Crippen LogP contribution in [0.3, 0.4) is 0 Å². The molecule has 19 atom stereocenters. The Bertz CT molecular complexity index is 1580. The summed E-state index contributed by atoms with van der Waals surface area (Å²) in [7, 11) is 0. The lowest BCUT2D eigenvalue weighted by atomic mass is 9.39. The molecular weight excluding hydrogens is 644 g/mol. The normalized spacial score (nSPS) is 58.5. The van der Waals surface area contributed by atoms with Gasteiger partial charge in [-0.05, 0) is 44.9 Å². The fraction of sp³-hybridized carbons (Fsp3) is 0.857. The lowest BCUT2D eigenvalue weighted by molar-refractivity contribution is -0.280. The van der Waals surface area contributed by atoms with E-state index >= 15 is 0 Å². The second kappa shape index (κ2) is 9.61. The molecule has 0 radical (unpaired) electrons. The van der Waals surface area contributed by atoms with Crippen molar-refractivity contribution in [3.05, 3.63) is 0 Å². The number of hydrogen-bond acceptors (Lipinski definition) is 14. The Kier molecular flexibility index (Phi) is 6.57. The number of Topliss-reactive ketones (excluding diaryl/α,β-unsaturated/α-hetero) is 1. The number of epoxide rings is 2. The lowest BCUT2D eigenvalue weighted by Crippen LogP contribution is -2.76. The number of carbonyl (C=O) groups excluding carboxylic acids is 5. The summed E-state index contributed by atoms with van der Waals surface area (Å²) in [4.78, 5) is 66.5. The summed E-state index contributed by atoms with van der Waals surface area (Å²) >= 11 is 0. The van der Waals surface area contributed by atoms with Crippen LogP contribution in [0.5, 0.6) is 0 Å². The van der Waals surface area contributed by atoms with Gasteiger partial charge in [0.05, 0.1) is 28.6 Å². The van der Waals surface area contributed by atoms with Gasteiger partial charge in [-0.15, -0.1) is 0 Å². The first-order valence-corrected chi connectivity index (χ1v) is 17.4. The molecule has 0 aromatic heterocycles. The topological polar surface area (TPSA) is 208 Å². The van der Waals surface area contributed by atoms with E-state index in [9.17, 15) is 39.3 Å². The van der Waals surface area contributed by atoms with Crippen molar-refractivity contribution in [2.45, 2.75) is 134 Å². The van der Waals surface area contributed by atoms with E-state index in [2.05, 4.69) is 0 Å². The van der Waals surface area contributed by atoms with Crippen LogP contribution in [0.4, 0.5) is 0 Å². The van der Waals surface area contributed by atoms with Crippen LogP contribution in [0.1, 0.15) is 74.7 Å². The predicted molar refractivity (Wildman–Crippen MR) is 160 cm³/mol. The van der Waals surface area contributed by atoms with Gasteiger partial charge in [0.2, 0.25) is 5.79 Å². The Hall–Kier alpha value is -2.65. The lowest BCUT2D eigenvalue weighted by Gasteiger charge is -2.66. The molecule has 3 N–H and O–H groups in total. The smallest absolute Gasteiger partial charge is 0.341 e. The van der Waals surface area contributed by atoms with Gasteiger partial charge in [-0.1, -0.05) is 13.8 Å². The Morgan fingerprint density at radius 1 is 0.878 bits per heavy atom. The zero-order chi connectivity index (χ0) is 35.8. The van der Waals surface area contributed by atoms with Gasteiger partial charge in [0.25, 0.3) is 0 Å². The summed E-state index contributed by atoms with van der Waals surface area (Å²) in [6.45, 7) is 12.0. The van der Waals surface area contributed by atoms with Gasteiger partial charge >= 0.3 is 23.9 Å². The zero-order valence-corrected chi connectivity index (χ0v) is 29.0. The third-order valence-corrected chi connectivity index (χ3v) is 15.1. The zero-order valence-electron chi connectivity index (χ0n) is 29.0. The van der Waals surface area contributed by atoms with Gasteiger partial charge in [-0.2, -0.15) is 0 Å². The average Bonchev–Trinajstić information content (AvgIpc) is 3.86. The summed E-state index contributed by atoms with van der Waals surface area (Å²) in [5.74, 6) is -9.08. The van der Waals surface area contributed by atoms with Crippen LogP contribution in [-0.4, -0.2) is 105 Å². The molecule has 8 aliphatic rings. The highest BCUT2D eigenvalue weighted by molar-refractivity contribution is 5.86. The number of carbonyl (C=O) groups is 5. The second-order valence-corrected chi connectivity index (χ2v) is 16.9. The van der Waals surface area contributed by atoms with E-state index in [1.165, 1.54) is 34.6 Å². The maximum Gasteiger partial charge on any atom is 0.341 e. The van der Waals surface area contributed by atoms with Crippen LogP contribution in [0.25, 0.3) is 0 Å². The first-order valence-electron chi connectivity index (χ1n) is 17.4. The predicted octanol–water partition coefficient (Wildman–Crippen LogP) is 0.587. The highest BCUT2D eigenvalue weighted by Gasteiger charge is 2.93. The standard InChI is InChI=1S/C35H46O14/c1-12-22-24(31(7)32(8,42)29(41)49-35(31)28(12)48-35)26(46-16(5)39)23-21-17(9-20(30(22,23)6)45-15(4)38)34(13(2)36)27(40)25-19(47-25)11-33(34,43)10-18(21)44-14(3)37/h12,17-28,40,42-43H,9-11H2,1-8H3/t12-,17?,18-,19-,20-,21?,22-,23+,24-,25-,26+,27-,28+,30+,31-,32+,33+,34-,35-/m0/s1.